The molecule has 0 unspecified atom stereocenters. The van der Waals surface area contributed by atoms with Gasteiger partial charge in [0.2, 0.25) is 0 Å². The molecule has 0 atom stereocenters. The second-order valence-corrected chi connectivity index (χ2v) is 2.52. The molecule has 1 aliphatic heterocycles. The van der Waals surface area contributed by atoms with Crippen molar-refractivity contribution in [3.8, 4) is 11.1 Å². The van der Waals surface area contributed by atoms with E-state index in [2.05, 4.69) is 4.42 Å². The molecule has 0 N–H and O–H groups in total. The Kier molecular flexibility index (Phi) is 1.30. The third kappa shape index (κ3) is 0.936. The maximum absolute atomic E-state index is 11.0. The molecule has 0 bridgehead atoms. The topological polar surface area (TPSA) is 81.4 Å². The molecule has 1 heterocycles. The summed E-state index contributed by atoms with van der Waals surface area (Å²) in [5.74, 6) is 0. The highest BCUT2D eigenvalue weighted by atomic mass is 16.4. The Bertz CT molecular complexity index is 626. The van der Waals surface area contributed by atoms with E-state index in [0.29, 0.717) is 0 Å². The van der Waals surface area contributed by atoms with E-state index in [1.54, 1.807) is 0 Å². The summed E-state index contributed by atoms with van der Waals surface area (Å²) in [5.41, 5.74) is -3.90. The Morgan fingerprint density at radius 1 is 0.846 bits per heavy atom. The first-order valence-electron chi connectivity index (χ1n) is 3.38. The van der Waals surface area contributed by atoms with Crippen molar-refractivity contribution >= 4 is 0 Å². The van der Waals surface area contributed by atoms with Gasteiger partial charge in [0.25, 0.3) is 5.43 Å². The van der Waals surface area contributed by atoms with Crippen LogP contribution in [-0.2, 0) is 0 Å². The van der Waals surface area contributed by atoms with Crippen LogP contribution in [0.5, 0.6) is 0 Å². The summed E-state index contributed by atoms with van der Waals surface area (Å²) in [4.78, 5) is 43.4. The zero-order valence-corrected chi connectivity index (χ0v) is 6.20. The Morgan fingerprint density at radius 2 is 1.46 bits per heavy atom. The van der Waals surface area contributed by atoms with E-state index in [0.717, 1.165) is 12.1 Å². The molecule has 0 aromatic rings. The lowest BCUT2D eigenvalue weighted by Crippen LogP contribution is -2.29. The van der Waals surface area contributed by atoms with Gasteiger partial charge < -0.3 is 4.42 Å². The summed E-state index contributed by atoms with van der Waals surface area (Å²) < 4.78 is 4.07. The van der Waals surface area contributed by atoms with E-state index in [4.69, 9.17) is 0 Å². The SMILES string of the molecule is O=c1cc2c(=O)oc(=O)c(=O)c-2c1. The molecule has 1 aliphatic carbocycles. The molecule has 5 nitrogen and oxygen atoms in total. The molecule has 2 rings (SSSR count). The van der Waals surface area contributed by atoms with E-state index in [1.165, 1.54) is 0 Å². The third-order valence-electron chi connectivity index (χ3n) is 1.70. The summed E-state index contributed by atoms with van der Waals surface area (Å²) in [6, 6.07) is 1.93. The van der Waals surface area contributed by atoms with Crippen LogP contribution < -0.4 is 22.1 Å². The van der Waals surface area contributed by atoms with Crippen LogP contribution in [0.4, 0.5) is 0 Å². The van der Waals surface area contributed by atoms with Crippen molar-refractivity contribution in [2.75, 3.05) is 0 Å². The summed E-state index contributed by atoms with van der Waals surface area (Å²) in [6.45, 7) is 0. The zero-order valence-electron chi connectivity index (χ0n) is 6.20. The van der Waals surface area contributed by atoms with Crippen molar-refractivity contribution in [1.29, 1.82) is 0 Å². The van der Waals surface area contributed by atoms with Crippen LogP contribution in [0.15, 0.2) is 35.7 Å². The second kappa shape index (κ2) is 2.22. The smallest absolute Gasteiger partial charge is 0.383 e. The van der Waals surface area contributed by atoms with Crippen LogP contribution in [0.2, 0.25) is 0 Å². The maximum Gasteiger partial charge on any atom is 0.387 e. The first-order valence-corrected chi connectivity index (χ1v) is 3.38. The Hall–Kier alpha value is -2.04. The lowest BCUT2D eigenvalue weighted by atomic mass is 10.2. The van der Waals surface area contributed by atoms with Gasteiger partial charge in [-0.2, -0.15) is 0 Å². The molecule has 0 aromatic heterocycles. The Labute approximate surface area is 69.9 Å². The minimum atomic E-state index is -1.23. The quantitative estimate of drug-likeness (QED) is 0.468. The fraction of sp³-hybridized carbons (Fsp3) is 0. The molecular formula is C8H2O5. The molecule has 0 amide bonds. The van der Waals surface area contributed by atoms with E-state index >= 15 is 0 Å². The fourth-order valence-electron chi connectivity index (χ4n) is 1.13. The van der Waals surface area contributed by atoms with Crippen LogP contribution in [0.1, 0.15) is 0 Å². The van der Waals surface area contributed by atoms with E-state index in [9.17, 15) is 19.2 Å². The van der Waals surface area contributed by atoms with Crippen LogP contribution in [-0.4, -0.2) is 0 Å². The first-order chi connectivity index (χ1) is 6.09. The number of hydrogen-bond donors (Lipinski definition) is 0. The van der Waals surface area contributed by atoms with Gasteiger partial charge in [-0.3, -0.25) is 9.59 Å². The van der Waals surface area contributed by atoms with E-state index in [1.807, 2.05) is 0 Å². The summed E-state index contributed by atoms with van der Waals surface area (Å²) >= 11 is 0. The summed E-state index contributed by atoms with van der Waals surface area (Å²) in [6.07, 6.45) is 0. The average molecular weight is 178 g/mol. The molecule has 13 heavy (non-hydrogen) atoms. The fourth-order valence-corrected chi connectivity index (χ4v) is 1.13. The number of fused-ring (bicyclic) bond motifs is 1. The van der Waals surface area contributed by atoms with Gasteiger partial charge in [-0.25, -0.2) is 9.59 Å². The highest BCUT2D eigenvalue weighted by Crippen LogP contribution is 2.07. The molecule has 0 aromatic carbocycles. The predicted molar refractivity (Wildman–Crippen MR) is 42.8 cm³/mol. The largest absolute Gasteiger partial charge is 0.387 e. The van der Waals surface area contributed by atoms with Crippen LogP contribution in [0.25, 0.3) is 11.1 Å². The highest BCUT2D eigenvalue weighted by Gasteiger charge is 2.17. The third-order valence-corrected chi connectivity index (χ3v) is 1.70. The van der Waals surface area contributed by atoms with Gasteiger partial charge in [0.05, 0.1) is 5.56 Å². The van der Waals surface area contributed by atoms with Gasteiger partial charge in [0.15, 0.2) is 5.43 Å². The number of hydrogen-bond acceptors (Lipinski definition) is 5. The molecule has 64 valence electrons. The minimum absolute atomic E-state index is 0.130. The van der Waals surface area contributed by atoms with Crippen molar-refractivity contribution in [1.82, 2.24) is 0 Å². The van der Waals surface area contributed by atoms with E-state index in [-0.39, 0.29) is 11.1 Å². The van der Waals surface area contributed by atoms with Crippen molar-refractivity contribution in [2.24, 2.45) is 0 Å². The van der Waals surface area contributed by atoms with Gasteiger partial charge in [0.1, 0.15) is 0 Å². The molecule has 0 radical (unpaired) electrons. The number of rotatable bonds is 0. The lowest BCUT2D eigenvalue weighted by Gasteiger charge is -1.88. The van der Waals surface area contributed by atoms with Crippen LogP contribution in [0, 0.1) is 0 Å². The molecule has 0 fully saturated rings. The summed E-state index contributed by atoms with van der Waals surface area (Å²) in [5, 5.41) is 0. The van der Waals surface area contributed by atoms with E-state index < -0.39 is 22.1 Å². The van der Waals surface area contributed by atoms with Crippen molar-refractivity contribution in [3.05, 3.63) is 53.4 Å². The molecule has 0 spiro atoms. The zero-order chi connectivity index (χ0) is 9.59. The molecule has 5 heteroatoms. The van der Waals surface area contributed by atoms with Gasteiger partial charge in [-0.05, 0) is 6.07 Å². The Morgan fingerprint density at radius 3 is 2.15 bits per heavy atom. The van der Waals surface area contributed by atoms with Gasteiger partial charge in [-0.15, -0.1) is 0 Å². The molecular weight excluding hydrogens is 176 g/mol. The average Bonchev–Trinajstić information content (AvgIpc) is 2.44. The Balaban J connectivity index is 3.22. The molecule has 0 saturated heterocycles. The second-order valence-electron chi connectivity index (χ2n) is 2.52. The van der Waals surface area contributed by atoms with Crippen molar-refractivity contribution in [3.63, 3.8) is 0 Å². The molecule has 2 aliphatic rings. The first kappa shape index (κ1) is 7.60. The predicted octanol–water partition coefficient (Wildman–Crippen LogP) is -1.30. The van der Waals surface area contributed by atoms with Gasteiger partial charge in [-0.1, -0.05) is 0 Å². The lowest BCUT2D eigenvalue weighted by molar-refractivity contribution is 0.471. The van der Waals surface area contributed by atoms with Gasteiger partial charge in [0, 0.05) is 11.6 Å². The van der Waals surface area contributed by atoms with Crippen molar-refractivity contribution in [2.45, 2.75) is 0 Å². The highest BCUT2D eigenvalue weighted by molar-refractivity contribution is 5.63. The van der Waals surface area contributed by atoms with Gasteiger partial charge >= 0.3 is 11.3 Å². The maximum atomic E-state index is 11.0. The minimum Gasteiger partial charge on any atom is -0.383 e. The van der Waals surface area contributed by atoms with Crippen molar-refractivity contribution < 1.29 is 4.42 Å². The monoisotopic (exact) mass is 178 g/mol. The normalized spacial score (nSPS) is 10.8. The molecule has 0 saturated carbocycles. The van der Waals surface area contributed by atoms with Crippen LogP contribution in [0.3, 0.4) is 0 Å². The summed E-state index contributed by atoms with van der Waals surface area (Å²) in [7, 11) is 0. The van der Waals surface area contributed by atoms with Crippen LogP contribution >= 0.6 is 0 Å². The standard InChI is InChI=1S/C8H2O5/c9-3-1-4-5(2-3)7(11)13-8(12)6(4)10/h1-2H.